The number of methoxy groups -OCH3 is 1. The largest absolute Gasteiger partial charge is 0.383 e. The molecule has 0 amide bonds. The Morgan fingerprint density at radius 2 is 2.00 bits per heavy atom. The molecular weight excluding hydrogens is 394 g/mol. The maximum absolute atomic E-state index is 13.3. The third-order valence-electron chi connectivity index (χ3n) is 5.59. The lowest BCUT2D eigenvalue weighted by Crippen LogP contribution is -2.36. The van der Waals surface area contributed by atoms with Crippen LogP contribution >= 0.6 is 0 Å². The Kier molecular flexibility index (Phi) is 5.31. The van der Waals surface area contributed by atoms with E-state index in [2.05, 4.69) is 27.4 Å². The van der Waals surface area contributed by atoms with Crippen LogP contribution < -0.4 is 15.9 Å². The highest BCUT2D eigenvalue weighted by molar-refractivity contribution is 5.86. The topological polar surface area (TPSA) is 84.4 Å². The number of para-hydroxylation sites is 1. The molecule has 1 fully saturated rings. The van der Waals surface area contributed by atoms with Gasteiger partial charge in [-0.25, -0.2) is 9.66 Å². The first-order chi connectivity index (χ1) is 15.2. The summed E-state index contributed by atoms with van der Waals surface area (Å²) in [5.41, 5.74) is 7.22. The smallest absolute Gasteiger partial charge is 0.280 e. The van der Waals surface area contributed by atoms with Crippen LogP contribution in [-0.2, 0) is 9.47 Å². The van der Waals surface area contributed by atoms with Gasteiger partial charge in [-0.2, -0.15) is 0 Å². The number of rotatable bonds is 6. The minimum absolute atomic E-state index is 0.151. The monoisotopic (exact) mass is 419 g/mol. The van der Waals surface area contributed by atoms with Crippen molar-refractivity contribution in [2.45, 2.75) is 0 Å². The van der Waals surface area contributed by atoms with Gasteiger partial charge in [-0.05, 0) is 30.3 Å². The Bertz CT molecular complexity index is 1270. The predicted molar refractivity (Wildman–Crippen MR) is 122 cm³/mol. The van der Waals surface area contributed by atoms with E-state index in [1.54, 1.807) is 11.8 Å². The Labute approximate surface area is 179 Å². The molecule has 0 unspecified atom stereocenters. The first-order valence-electron chi connectivity index (χ1n) is 10.4. The fourth-order valence-corrected chi connectivity index (χ4v) is 3.99. The summed E-state index contributed by atoms with van der Waals surface area (Å²) in [5.74, 6) is 0.562. The molecule has 2 aromatic heterocycles. The van der Waals surface area contributed by atoms with Gasteiger partial charge in [-0.1, -0.05) is 18.2 Å². The zero-order valence-corrected chi connectivity index (χ0v) is 17.4. The van der Waals surface area contributed by atoms with E-state index in [4.69, 9.17) is 14.5 Å². The van der Waals surface area contributed by atoms with E-state index in [-0.39, 0.29) is 5.56 Å². The Morgan fingerprint density at radius 3 is 2.84 bits per heavy atom. The second-order valence-corrected chi connectivity index (χ2v) is 7.54. The molecule has 8 nitrogen and oxygen atoms in total. The van der Waals surface area contributed by atoms with Crippen molar-refractivity contribution in [1.29, 1.82) is 0 Å². The van der Waals surface area contributed by atoms with Gasteiger partial charge in [0, 0.05) is 31.3 Å². The van der Waals surface area contributed by atoms with Crippen LogP contribution in [0, 0.1) is 0 Å². The van der Waals surface area contributed by atoms with Gasteiger partial charge in [0.25, 0.3) is 5.56 Å². The van der Waals surface area contributed by atoms with Crippen LogP contribution in [0.5, 0.6) is 0 Å². The summed E-state index contributed by atoms with van der Waals surface area (Å²) in [6, 6.07) is 15.9. The quantitative estimate of drug-likeness (QED) is 0.468. The molecule has 1 aliphatic heterocycles. The number of aromatic nitrogens is 3. The third-order valence-corrected chi connectivity index (χ3v) is 5.59. The van der Waals surface area contributed by atoms with Crippen LogP contribution in [0.3, 0.4) is 0 Å². The van der Waals surface area contributed by atoms with Crippen LogP contribution in [-0.4, -0.2) is 61.2 Å². The molecule has 2 N–H and O–H groups in total. The summed E-state index contributed by atoms with van der Waals surface area (Å²) in [7, 11) is 1.64. The number of morpholine rings is 1. The number of hydrogen-bond acceptors (Lipinski definition) is 6. The number of imidazole rings is 1. The summed E-state index contributed by atoms with van der Waals surface area (Å²) >= 11 is 0. The molecule has 3 heterocycles. The fraction of sp³-hybridized carbons (Fsp3) is 0.304. The standard InChI is InChI=1S/C23H25N5O3/c1-30-11-8-24-28-21-5-3-2-4-16(21)14-18(23(28)29)22-25-19-7-6-17(15-20(19)26-22)27-9-12-31-13-10-27/h2-7,14-15,24H,8-13H2,1H3,(H,25,26). The zero-order valence-electron chi connectivity index (χ0n) is 17.4. The molecule has 0 spiro atoms. The van der Waals surface area contributed by atoms with Gasteiger partial charge in [0.05, 0.1) is 48.5 Å². The minimum atomic E-state index is -0.151. The Hall–Kier alpha value is -3.36. The highest BCUT2D eigenvalue weighted by Crippen LogP contribution is 2.25. The average molecular weight is 419 g/mol. The van der Waals surface area contributed by atoms with Crippen LogP contribution in [0.4, 0.5) is 5.69 Å². The van der Waals surface area contributed by atoms with Crippen molar-refractivity contribution in [1.82, 2.24) is 14.6 Å². The lowest BCUT2D eigenvalue weighted by Gasteiger charge is -2.28. The number of nitrogens with one attached hydrogen (secondary N) is 2. The molecule has 5 rings (SSSR count). The van der Waals surface area contributed by atoms with E-state index >= 15 is 0 Å². The van der Waals surface area contributed by atoms with Crippen LogP contribution in [0.15, 0.2) is 53.3 Å². The Balaban J connectivity index is 1.58. The number of aromatic amines is 1. The van der Waals surface area contributed by atoms with Gasteiger partial charge >= 0.3 is 0 Å². The van der Waals surface area contributed by atoms with E-state index in [0.717, 1.165) is 53.9 Å². The molecule has 0 atom stereocenters. The average Bonchev–Trinajstić information content (AvgIpc) is 3.24. The van der Waals surface area contributed by atoms with E-state index in [9.17, 15) is 4.79 Å². The lowest BCUT2D eigenvalue weighted by molar-refractivity contribution is 0.122. The molecule has 1 saturated heterocycles. The second-order valence-electron chi connectivity index (χ2n) is 7.54. The number of hydrogen-bond donors (Lipinski definition) is 2. The normalized spacial score (nSPS) is 14.4. The number of nitrogens with zero attached hydrogens (tertiary/aromatic N) is 3. The summed E-state index contributed by atoms with van der Waals surface area (Å²) in [5, 5.41) is 0.955. The van der Waals surface area contributed by atoms with Crippen molar-refractivity contribution in [3.05, 3.63) is 58.9 Å². The highest BCUT2D eigenvalue weighted by Gasteiger charge is 2.16. The molecule has 0 bridgehead atoms. The molecule has 0 aliphatic carbocycles. The fourth-order valence-electron chi connectivity index (χ4n) is 3.99. The SMILES string of the molecule is COCCNn1c(=O)c(-c2nc3cc(N4CCOCC4)ccc3[nH]2)cc2ccccc21. The number of anilines is 1. The van der Waals surface area contributed by atoms with Crippen molar-refractivity contribution in [2.75, 3.05) is 56.9 Å². The molecular formula is C23H25N5O3. The van der Waals surface area contributed by atoms with Gasteiger partial charge in [-0.3, -0.25) is 4.79 Å². The van der Waals surface area contributed by atoms with Crippen LogP contribution in [0.25, 0.3) is 33.3 Å². The van der Waals surface area contributed by atoms with Crippen molar-refractivity contribution in [2.24, 2.45) is 0 Å². The lowest BCUT2D eigenvalue weighted by atomic mass is 10.1. The second kappa shape index (κ2) is 8.41. The Morgan fingerprint density at radius 1 is 1.16 bits per heavy atom. The predicted octanol–water partition coefficient (Wildman–Crippen LogP) is 2.57. The van der Waals surface area contributed by atoms with Crippen LogP contribution in [0.2, 0.25) is 0 Å². The molecule has 8 heteroatoms. The van der Waals surface area contributed by atoms with E-state index in [1.807, 2.05) is 36.4 Å². The van der Waals surface area contributed by atoms with Crippen molar-refractivity contribution >= 4 is 27.6 Å². The maximum Gasteiger partial charge on any atom is 0.280 e. The van der Waals surface area contributed by atoms with Gasteiger partial charge in [0.1, 0.15) is 5.82 Å². The van der Waals surface area contributed by atoms with Crippen LogP contribution in [0.1, 0.15) is 0 Å². The molecule has 160 valence electrons. The van der Waals surface area contributed by atoms with Crippen molar-refractivity contribution in [3.8, 4) is 11.4 Å². The summed E-state index contributed by atoms with van der Waals surface area (Å²) in [6.45, 7) is 4.22. The number of ether oxygens (including phenoxy) is 2. The first kappa shape index (κ1) is 19.6. The zero-order chi connectivity index (χ0) is 21.2. The minimum Gasteiger partial charge on any atom is -0.383 e. The summed E-state index contributed by atoms with van der Waals surface area (Å²) in [4.78, 5) is 23.7. The van der Waals surface area contributed by atoms with E-state index in [1.165, 1.54) is 0 Å². The number of pyridine rings is 1. The third kappa shape index (κ3) is 3.75. The number of H-pyrrole nitrogens is 1. The summed E-state index contributed by atoms with van der Waals surface area (Å²) < 4.78 is 12.2. The molecule has 31 heavy (non-hydrogen) atoms. The van der Waals surface area contributed by atoms with Gasteiger partial charge < -0.3 is 24.8 Å². The van der Waals surface area contributed by atoms with Gasteiger partial charge in [0.15, 0.2) is 0 Å². The molecule has 2 aromatic carbocycles. The van der Waals surface area contributed by atoms with Crippen molar-refractivity contribution in [3.63, 3.8) is 0 Å². The molecule has 0 saturated carbocycles. The van der Waals surface area contributed by atoms with Gasteiger partial charge in [0.2, 0.25) is 0 Å². The molecule has 0 radical (unpaired) electrons. The van der Waals surface area contributed by atoms with Gasteiger partial charge in [-0.15, -0.1) is 0 Å². The summed E-state index contributed by atoms with van der Waals surface area (Å²) in [6.07, 6.45) is 0. The van der Waals surface area contributed by atoms with E-state index in [0.29, 0.717) is 24.5 Å². The van der Waals surface area contributed by atoms with E-state index < -0.39 is 0 Å². The molecule has 4 aromatic rings. The maximum atomic E-state index is 13.3. The number of benzene rings is 2. The highest BCUT2D eigenvalue weighted by atomic mass is 16.5. The number of fused-ring (bicyclic) bond motifs is 2. The first-order valence-corrected chi connectivity index (χ1v) is 10.4. The van der Waals surface area contributed by atoms with Crippen molar-refractivity contribution < 1.29 is 9.47 Å². The molecule has 1 aliphatic rings.